The highest BCUT2D eigenvalue weighted by molar-refractivity contribution is 6.00. The number of aryl methyl sites for hydroxylation is 2. The fraction of sp³-hybridized carbons (Fsp3) is 0.0446. The number of rotatable bonds is 17. The molecule has 119 heavy (non-hydrogen) atoms. The van der Waals surface area contributed by atoms with Crippen LogP contribution in [0, 0.1) is 13.8 Å². The summed E-state index contributed by atoms with van der Waals surface area (Å²) in [5.41, 5.74) is 34.8. The van der Waals surface area contributed by atoms with E-state index in [1.54, 1.807) is 0 Å². The predicted molar refractivity (Wildman–Crippen MR) is 484 cm³/mol. The first-order valence-electron chi connectivity index (χ1n) is 40.7. The van der Waals surface area contributed by atoms with Gasteiger partial charge in [0.2, 0.25) is 0 Å². The first kappa shape index (κ1) is 71.5. The lowest BCUT2D eigenvalue weighted by molar-refractivity contribution is 0.769. The van der Waals surface area contributed by atoms with E-state index in [1.807, 2.05) is 31.6 Å². The van der Waals surface area contributed by atoms with E-state index in [2.05, 4.69) is 401 Å². The van der Waals surface area contributed by atoms with Crippen LogP contribution < -0.4 is 0 Å². The molecule has 2 aliphatic rings. The summed E-state index contributed by atoms with van der Waals surface area (Å²) < 4.78 is 0. The van der Waals surface area contributed by atoms with Gasteiger partial charge in [-0.1, -0.05) is 340 Å². The summed E-state index contributed by atoms with van der Waals surface area (Å²) in [7, 11) is 0. The molecule has 4 heterocycles. The van der Waals surface area contributed by atoms with Gasteiger partial charge in [-0.05, 0) is 214 Å². The highest BCUT2D eigenvalue weighted by Gasteiger charge is 2.49. The molecule has 560 valence electrons. The monoisotopic (exact) mass is 1520 g/mol. The maximum Gasteiger partial charge on any atom is 0.164 e. The zero-order valence-electron chi connectivity index (χ0n) is 65.7. The van der Waals surface area contributed by atoms with Gasteiger partial charge >= 0.3 is 0 Å². The van der Waals surface area contributed by atoms with Gasteiger partial charge in [-0.3, -0.25) is 9.97 Å². The zero-order valence-corrected chi connectivity index (χ0v) is 65.7. The molecule has 19 aromatic rings. The summed E-state index contributed by atoms with van der Waals surface area (Å²) >= 11 is 0. The number of pyridine rings is 2. The molecule has 0 saturated heterocycles. The van der Waals surface area contributed by atoms with Crippen LogP contribution in [0.2, 0.25) is 0 Å². The van der Waals surface area contributed by atoms with Crippen molar-refractivity contribution in [1.29, 1.82) is 0 Å². The van der Waals surface area contributed by atoms with E-state index in [1.165, 1.54) is 33.4 Å². The van der Waals surface area contributed by atoms with Crippen molar-refractivity contribution in [3.8, 4) is 146 Å². The summed E-state index contributed by atoms with van der Waals surface area (Å²) in [5, 5.41) is 0. The summed E-state index contributed by atoms with van der Waals surface area (Å²) in [6.07, 6.45) is 6.43. The Balaban J connectivity index is 0.733. The molecular weight excluding hydrogens is 1440 g/mol. The van der Waals surface area contributed by atoms with Crippen LogP contribution in [0.25, 0.3) is 146 Å². The van der Waals surface area contributed by atoms with E-state index < -0.39 is 10.8 Å². The van der Waals surface area contributed by atoms with Crippen molar-refractivity contribution < 1.29 is 0 Å². The average Bonchev–Trinajstić information content (AvgIpc) is 1.54. The third-order valence-corrected chi connectivity index (χ3v) is 24.0. The average molecular weight is 1520 g/mol. The van der Waals surface area contributed by atoms with Crippen molar-refractivity contribution in [3.05, 3.63) is 486 Å². The van der Waals surface area contributed by atoms with E-state index in [-0.39, 0.29) is 0 Å². The summed E-state index contributed by atoms with van der Waals surface area (Å²) in [6, 6.07) is 145. The Labute approximate surface area is 693 Å². The molecule has 0 spiro atoms. The fourth-order valence-corrected chi connectivity index (χ4v) is 18.9. The maximum absolute atomic E-state index is 5.86. The highest BCUT2D eigenvalue weighted by atomic mass is 15.0. The molecule has 0 amide bonds. The third kappa shape index (κ3) is 12.6. The second kappa shape index (κ2) is 30.1. The molecule has 0 N–H and O–H groups in total. The van der Waals surface area contributed by atoms with Crippen LogP contribution in [-0.4, -0.2) is 34.9 Å². The van der Waals surface area contributed by atoms with E-state index in [9.17, 15) is 0 Å². The van der Waals surface area contributed by atoms with Crippen molar-refractivity contribution in [2.45, 2.75) is 31.1 Å². The number of aromatic nitrogens is 7. The minimum Gasteiger partial charge on any atom is -0.264 e. The van der Waals surface area contributed by atoms with Gasteiger partial charge in [0.25, 0.3) is 0 Å². The van der Waals surface area contributed by atoms with E-state index in [0.717, 1.165) is 156 Å². The number of hydrogen-bond donors (Lipinski definition) is 0. The van der Waals surface area contributed by atoms with Crippen molar-refractivity contribution >= 4 is 0 Å². The minimum absolute atomic E-state index is 0.553. The zero-order chi connectivity index (χ0) is 79.4. The smallest absolute Gasteiger partial charge is 0.164 e. The van der Waals surface area contributed by atoms with Crippen LogP contribution in [0.1, 0.15) is 67.0 Å². The van der Waals surface area contributed by atoms with Crippen molar-refractivity contribution in [2.75, 3.05) is 0 Å². The Morgan fingerprint density at radius 2 is 0.714 bits per heavy atom. The summed E-state index contributed by atoms with van der Waals surface area (Å²) in [4.78, 5) is 37.5. The van der Waals surface area contributed by atoms with Crippen LogP contribution >= 0.6 is 0 Å². The Hall–Kier alpha value is -15.3. The van der Waals surface area contributed by atoms with Crippen LogP contribution in [0.4, 0.5) is 0 Å². The first-order chi connectivity index (χ1) is 58.8. The standard InChI is InChI=1S/C112H77N7/c1-73-58-61-114-103(62-73)82-39-30-38-79(66-82)80-56-57-95-101(69-80)112(88-44-20-8-21-45-88,89-46-22-9-23-47-89)100-55-31-53-96(106(95)100)105-71-104(78-36-14-5-15-37-78)117-108(118-105)85-65-75(64-83(67-85)76-32-10-3-11-33-76)63-81-59-60-113-72-98(81)92-50-26-24-49-91(92)84-68-97(110-116-74(2)115-109(119-110)93-51-27-25-48-90(93)77-34-12-4-13-35-77)107-94-52-28-29-54-99(94)111(102(107)70-84,86-40-16-6-17-41-86)87-42-18-7-19-43-87/h3-62,64-72H,63H2,1-2H3. The molecule has 15 aromatic carbocycles. The molecule has 0 saturated carbocycles. The van der Waals surface area contributed by atoms with Gasteiger partial charge < -0.3 is 0 Å². The number of benzene rings is 15. The third-order valence-electron chi connectivity index (χ3n) is 24.0. The van der Waals surface area contributed by atoms with Crippen molar-refractivity contribution in [2.24, 2.45) is 0 Å². The van der Waals surface area contributed by atoms with Crippen molar-refractivity contribution in [1.82, 2.24) is 34.9 Å². The molecule has 0 bridgehead atoms. The van der Waals surface area contributed by atoms with Gasteiger partial charge in [-0.25, -0.2) is 24.9 Å². The largest absolute Gasteiger partial charge is 0.264 e. The van der Waals surface area contributed by atoms with E-state index in [4.69, 9.17) is 34.9 Å². The second-order valence-electron chi connectivity index (χ2n) is 31.1. The quantitative estimate of drug-likeness (QED) is 0.0897. The molecule has 0 aliphatic heterocycles. The van der Waals surface area contributed by atoms with Gasteiger partial charge in [-0.2, -0.15) is 0 Å². The summed E-state index contributed by atoms with van der Waals surface area (Å²) in [6.45, 7) is 4.10. The molecule has 7 nitrogen and oxygen atoms in total. The van der Waals surface area contributed by atoms with Gasteiger partial charge in [-0.15, -0.1) is 0 Å². The number of hydrogen-bond acceptors (Lipinski definition) is 7. The molecule has 0 unspecified atom stereocenters. The molecular formula is C112H77N7. The van der Waals surface area contributed by atoms with Crippen molar-refractivity contribution in [3.63, 3.8) is 0 Å². The van der Waals surface area contributed by atoms with Crippen LogP contribution in [0.15, 0.2) is 419 Å². The predicted octanol–water partition coefficient (Wildman–Crippen LogP) is 26.7. The van der Waals surface area contributed by atoms with Gasteiger partial charge in [0.15, 0.2) is 17.5 Å². The molecule has 0 radical (unpaired) electrons. The first-order valence-corrected chi connectivity index (χ1v) is 40.7. The maximum atomic E-state index is 5.86. The Morgan fingerprint density at radius 1 is 0.235 bits per heavy atom. The lowest BCUT2D eigenvalue weighted by Gasteiger charge is -2.34. The Kier molecular flexibility index (Phi) is 18.1. The molecule has 4 aromatic heterocycles. The van der Waals surface area contributed by atoms with Crippen LogP contribution in [0.5, 0.6) is 0 Å². The SMILES string of the molecule is Cc1ccnc(-c2cccc(-c3ccc4c(c3)C(c3ccccc3)(c3ccccc3)c3cccc(-c5cc(-c6ccccc6)nc(-c6cc(Cc7ccncc7-c7ccccc7-c7cc(-c8nc(C)nc(-c9ccccc9-c9ccccc9)n8)c8c(c7)C(c7ccccc7)(c7ccccc7)c7ccccc7-8)cc(-c7ccccc7)c6)n5)c3-4)c2)c1. The summed E-state index contributed by atoms with van der Waals surface area (Å²) in [5.74, 6) is 2.44. The van der Waals surface area contributed by atoms with E-state index in [0.29, 0.717) is 29.7 Å². The molecule has 2 aliphatic carbocycles. The number of fused-ring (bicyclic) bond motifs is 6. The fourth-order valence-electron chi connectivity index (χ4n) is 18.9. The lowest BCUT2D eigenvalue weighted by atomic mass is 9.67. The Bertz CT molecular complexity index is 7000. The molecule has 0 atom stereocenters. The number of nitrogens with zero attached hydrogens (tertiary/aromatic N) is 7. The minimum atomic E-state index is -0.756. The topological polar surface area (TPSA) is 90.2 Å². The van der Waals surface area contributed by atoms with Gasteiger partial charge in [0, 0.05) is 57.5 Å². The molecule has 0 fully saturated rings. The highest BCUT2D eigenvalue weighted by Crippen LogP contribution is 2.62. The Morgan fingerprint density at radius 3 is 1.38 bits per heavy atom. The van der Waals surface area contributed by atoms with Crippen LogP contribution in [0.3, 0.4) is 0 Å². The van der Waals surface area contributed by atoms with Gasteiger partial charge in [0.05, 0.1) is 27.9 Å². The molecule has 7 heteroatoms. The normalized spacial score (nSPS) is 12.6. The van der Waals surface area contributed by atoms with E-state index >= 15 is 0 Å². The van der Waals surface area contributed by atoms with Crippen LogP contribution in [-0.2, 0) is 17.3 Å². The second-order valence-corrected chi connectivity index (χ2v) is 31.1. The lowest BCUT2D eigenvalue weighted by Crippen LogP contribution is -2.28. The molecule has 21 rings (SSSR count). The van der Waals surface area contributed by atoms with Gasteiger partial charge in [0.1, 0.15) is 5.82 Å².